The van der Waals surface area contributed by atoms with Gasteiger partial charge in [0.15, 0.2) is 0 Å². The number of hydrogen-bond donors (Lipinski definition) is 1. The molecule has 0 aromatic rings. The predicted molar refractivity (Wildman–Crippen MR) is 134 cm³/mol. The van der Waals surface area contributed by atoms with Crippen molar-refractivity contribution in [1.29, 1.82) is 0 Å². The summed E-state index contributed by atoms with van der Waals surface area (Å²) in [4.78, 5) is 23.6. The number of nitrogens with one attached hydrogen (secondary N) is 1. The lowest BCUT2D eigenvalue weighted by atomic mass is 9.99. The normalized spacial score (nSPS) is 12.4. The first-order valence-corrected chi connectivity index (χ1v) is 13.4. The van der Waals surface area contributed by atoms with Gasteiger partial charge in [-0.15, -0.1) is 0 Å². The van der Waals surface area contributed by atoms with Crippen LogP contribution in [-0.4, -0.2) is 31.3 Å². The zero-order valence-electron chi connectivity index (χ0n) is 21.9. The van der Waals surface area contributed by atoms with Crippen molar-refractivity contribution in [2.75, 3.05) is 13.2 Å². The third-order valence-electron chi connectivity index (χ3n) is 5.57. The second-order valence-electron chi connectivity index (χ2n) is 10.5. The van der Waals surface area contributed by atoms with Crippen LogP contribution in [-0.2, 0) is 14.3 Å². The predicted octanol–water partition coefficient (Wildman–Crippen LogP) is 7.95. The average Bonchev–Trinajstić information content (AvgIpc) is 2.73. The molecule has 0 saturated carbocycles. The molecule has 5 nitrogen and oxygen atoms in total. The first-order chi connectivity index (χ1) is 15.3. The number of rotatable bonds is 20. The molecule has 0 aliphatic rings. The van der Waals surface area contributed by atoms with Crippen molar-refractivity contribution in [1.82, 2.24) is 5.32 Å². The van der Waals surface area contributed by atoms with Crippen LogP contribution < -0.4 is 5.32 Å². The van der Waals surface area contributed by atoms with E-state index in [2.05, 4.69) is 12.2 Å². The van der Waals surface area contributed by atoms with Crippen LogP contribution in [0.3, 0.4) is 0 Å². The van der Waals surface area contributed by atoms with Gasteiger partial charge in [0.2, 0.25) is 0 Å². The Hall–Kier alpha value is -1.26. The van der Waals surface area contributed by atoms with Crippen LogP contribution in [0, 0.1) is 5.41 Å². The summed E-state index contributed by atoms with van der Waals surface area (Å²) in [5.41, 5.74) is -0.103. The van der Waals surface area contributed by atoms with Gasteiger partial charge < -0.3 is 14.8 Å². The number of carbonyl (C=O) groups excluding carboxylic acids is 2. The van der Waals surface area contributed by atoms with Crippen molar-refractivity contribution in [3.8, 4) is 0 Å². The lowest BCUT2D eigenvalue weighted by Crippen LogP contribution is -2.40. The summed E-state index contributed by atoms with van der Waals surface area (Å²) in [5.74, 6) is -0.404. The van der Waals surface area contributed by atoms with Gasteiger partial charge in [0.05, 0.1) is 13.2 Å². The summed E-state index contributed by atoms with van der Waals surface area (Å²) in [6, 6.07) is -0.691. The Balaban J connectivity index is 3.40. The molecule has 0 radical (unpaired) electrons. The highest BCUT2D eigenvalue weighted by atomic mass is 16.6. The Morgan fingerprint density at radius 3 is 1.50 bits per heavy atom. The van der Waals surface area contributed by atoms with Crippen LogP contribution in [0.25, 0.3) is 0 Å². The van der Waals surface area contributed by atoms with Crippen molar-refractivity contribution >= 4 is 12.1 Å². The van der Waals surface area contributed by atoms with E-state index in [4.69, 9.17) is 9.47 Å². The van der Waals surface area contributed by atoms with E-state index < -0.39 is 18.1 Å². The van der Waals surface area contributed by atoms with E-state index in [1.165, 1.54) is 89.9 Å². The quantitative estimate of drug-likeness (QED) is 0.149. The molecule has 0 aliphatic carbocycles. The molecule has 1 N–H and O–H groups in total. The molecule has 0 aromatic heterocycles. The fraction of sp³-hybridized carbons (Fsp3) is 0.926. The zero-order chi connectivity index (χ0) is 24.1. The molecular formula is C27H53NO4. The van der Waals surface area contributed by atoms with Crippen LogP contribution >= 0.6 is 0 Å². The van der Waals surface area contributed by atoms with Gasteiger partial charge in [-0.2, -0.15) is 0 Å². The van der Waals surface area contributed by atoms with Crippen molar-refractivity contribution in [2.24, 2.45) is 5.41 Å². The molecule has 0 bridgehead atoms. The molecule has 5 heteroatoms. The van der Waals surface area contributed by atoms with Crippen LogP contribution in [0.15, 0.2) is 0 Å². The SMILES string of the molecule is CCCCCCCCCCCCCCCCCCOC(=O)C(C)NC(=O)OCC(C)(C)C. The molecule has 32 heavy (non-hydrogen) atoms. The fourth-order valence-electron chi connectivity index (χ4n) is 3.51. The van der Waals surface area contributed by atoms with Gasteiger partial charge in [0.1, 0.15) is 6.04 Å². The van der Waals surface area contributed by atoms with E-state index in [9.17, 15) is 9.59 Å². The number of esters is 1. The summed E-state index contributed by atoms with van der Waals surface area (Å²) >= 11 is 0. The third kappa shape index (κ3) is 22.0. The standard InChI is InChI=1S/C27H53NO4/c1-6-7-8-9-10-11-12-13-14-15-16-17-18-19-20-21-22-31-25(29)24(2)28-26(30)32-23-27(3,4)5/h24H,6-23H2,1-5H3,(H,28,30). The van der Waals surface area contributed by atoms with Gasteiger partial charge >= 0.3 is 12.1 Å². The van der Waals surface area contributed by atoms with Crippen molar-refractivity contribution in [3.05, 3.63) is 0 Å². The van der Waals surface area contributed by atoms with Crippen LogP contribution in [0.5, 0.6) is 0 Å². The summed E-state index contributed by atoms with van der Waals surface area (Å²) in [6.07, 6.45) is 20.5. The molecule has 1 atom stereocenters. The minimum absolute atomic E-state index is 0.103. The van der Waals surface area contributed by atoms with Gasteiger partial charge in [-0.05, 0) is 18.8 Å². The number of carbonyl (C=O) groups is 2. The molecule has 0 aromatic carbocycles. The number of alkyl carbamates (subject to hydrolysis) is 1. The maximum Gasteiger partial charge on any atom is 0.407 e. The van der Waals surface area contributed by atoms with E-state index in [1.54, 1.807) is 6.92 Å². The Kier molecular flexibility index (Phi) is 19.6. The topological polar surface area (TPSA) is 64.6 Å². The Morgan fingerprint density at radius 1 is 0.688 bits per heavy atom. The molecule has 0 rings (SSSR count). The van der Waals surface area contributed by atoms with Crippen LogP contribution in [0.4, 0.5) is 4.79 Å². The number of unbranched alkanes of at least 4 members (excludes halogenated alkanes) is 15. The minimum atomic E-state index is -0.691. The molecule has 0 spiro atoms. The highest BCUT2D eigenvalue weighted by molar-refractivity contribution is 5.80. The summed E-state index contributed by atoms with van der Waals surface area (Å²) in [6.45, 7) is 10.6. The molecule has 1 unspecified atom stereocenters. The number of hydrogen-bond acceptors (Lipinski definition) is 4. The van der Waals surface area contributed by atoms with Crippen LogP contribution in [0.2, 0.25) is 0 Å². The van der Waals surface area contributed by atoms with Gasteiger partial charge in [-0.25, -0.2) is 9.59 Å². The number of amides is 1. The number of ether oxygens (including phenoxy) is 2. The Labute approximate surface area is 198 Å². The average molecular weight is 456 g/mol. The summed E-state index contributed by atoms with van der Waals surface area (Å²) in [7, 11) is 0. The molecule has 1 amide bonds. The molecular weight excluding hydrogens is 402 g/mol. The van der Waals surface area contributed by atoms with Crippen LogP contribution in [0.1, 0.15) is 137 Å². The lowest BCUT2D eigenvalue weighted by molar-refractivity contribution is -0.145. The largest absolute Gasteiger partial charge is 0.464 e. The highest BCUT2D eigenvalue weighted by Gasteiger charge is 2.19. The van der Waals surface area contributed by atoms with Gasteiger partial charge in [0.25, 0.3) is 0 Å². The van der Waals surface area contributed by atoms with E-state index in [1.807, 2.05) is 20.8 Å². The minimum Gasteiger partial charge on any atom is -0.464 e. The lowest BCUT2D eigenvalue weighted by Gasteiger charge is -2.19. The smallest absolute Gasteiger partial charge is 0.407 e. The van der Waals surface area contributed by atoms with E-state index in [-0.39, 0.29) is 5.41 Å². The maximum absolute atomic E-state index is 11.9. The van der Waals surface area contributed by atoms with E-state index >= 15 is 0 Å². The molecule has 0 fully saturated rings. The van der Waals surface area contributed by atoms with Crippen molar-refractivity contribution in [2.45, 2.75) is 143 Å². The summed E-state index contributed by atoms with van der Waals surface area (Å²) in [5, 5.41) is 2.52. The molecule has 190 valence electrons. The molecule has 0 heterocycles. The first-order valence-electron chi connectivity index (χ1n) is 13.4. The first kappa shape index (κ1) is 30.7. The van der Waals surface area contributed by atoms with Gasteiger partial charge in [-0.1, -0.05) is 124 Å². The van der Waals surface area contributed by atoms with E-state index in [0.717, 1.165) is 12.8 Å². The molecule has 0 aliphatic heterocycles. The maximum atomic E-state index is 11.9. The Morgan fingerprint density at radius 2 is 1.09 bits per heavy atom. The fourth-order valence-corrected chi connectivity index (χ4v) is 3.51. The van der Waals surface area contributed by atoms with E-state index in [0.29, 0.717) is 13.2 Å². The van der Waals surface area contributed by atoms with Gasteiger partial charge in [-0.3, -0.25) is 0 Å². The molecule has 0 saturated heterocycles. The monoisotopic (exact) mass is 455 g/mol. The second kappa shape index (κ2) is 20.4. The zero-order valence-corrected chi connectivity index (χ0v) is 21.9. The highest BCUT2D eigenvalue weighted by Crippen LogP contribution is 2.14. The summed E-state index contributed by atoms with van der Waals surface area (Å²) < 4.78 is 10.4. The third-order valence-corrected chi connectivity index (χ3v) is 5.57. The second-order valence-corrected chi connectivity index (χ2v) is 10.5. The van der Waals surface area contributed by atoms with Gasteiger partial charge in [0, 0.05) is 0 Å². The Bertz CT molecular complexity index is 459. The van der Waals surface area contributed by atoms with Crippen molar-refractivity contribution in [3.63, 3.8) is 0 Å². The van der Waals surface area contributed by atoms with Crippen molar-refractivity contribution < 1.29 is 19.1 Å².